The van der Waals surface area contributed by atoms with Crippen LogP contribution < -0.4 is 16.4 Å². The zero-order chi connectivity index (χ0) is 33.6. The summed E-state index contributed by atoms with van der Waals surface area (Å²) in [7, 11) is 0. The van der Waals surface area contributed by atoms with Gasteiger partial charge in [-0.2, -0.15) is 0 Å². The number of nitrogens with two attached hydrogens (primary N) is 1. The van der Waals surface area contributed by atoms with Gasteiger partial charge in [-0.1, -0.05) is 95.6 Å². The van der Waals surface area contributed by atoms with Crippen molar-refractivity contribution in [3.8, 4) is 0 Å². The van der Waals surface area contributed by atoms with Gasteiger partial charge < -0.3 is 26.4 Å². The van der Waals surface area contributed by atoms with Crippen molar-refractivity contribution >= 4 is 34.4 Å². The minimum absolute atomic E-state index is 0.0332. The fourth-order valence-electron chi connectivity index (χ4n) is 5.75. The molecule has 1 aromatic heterocycles. The van der Waals surface area contributed by atoms with Crippen molar-refractivity contribution in [3.05, 3.63) is 78.0 Å². The van der Waals surface area contributed by atoms with Crippen molar-refractivity contribution < 1.29 is 24.3 Å². The first-order valence-corrected chi connectivity index (χ1v) is 16.1. The molecule has 246 valence electrons. The Bertz CT molecular complexity index is 1560. The summed E-state index contributed by atoms with van der Waals surface area (Å²) in [5.41, 5.74) is 4.96. The van der Waals surface area contributed by atoms with Gasteiger partial charge in [0.2, 0.25) is 17.6 Å². The number of hydrogen-bond donors (Lipinski definition) is 4. The molecule has 10 nitrogen and oxygen atoms in total. The summed E-state index contributed by atoms with van der Waals surface area (Å²) >= 11 is 0. The van der Waals surface area contributed by atoms with Crippen LogP contribution in [0.2, 0.25) is 0 Å². The smallest absolute Gasteiger partial charge is 0.254 e. The van der Waals surface area contributed by atoms with Gasteiger partial charge >= 0.3 is 0 Å². The van der Waals surface area contributed by atoms with Crippen molar-refractivity contribution in [2.24, 2.45) is 17.1 Å². The lowest BCUT2D eigenvalue weighted by atomic mass is 9.69. The fraction of sp³-hybridized carbons (Fsp3) is 0.472. The summed E-state index contributed by atoms with van der Waals surface area (Å²) in [5.74, 6) is -2.15. The number of nitrogens with one attached hydrogen (secondary N) is 2. The molecule has 1 unspecified atom stereocenters. The Kier molecular flexibility index (Phi) is 11.0. The van der Waals surface area contributed by atoms with E-state index in [2.05, 4.69) is 15.6 Å². The van der Waals surface area contributed by atoms with Crippen molar-refractivity contribution in [2.45, 2.75) is 84.0 Å². The highest BCUT2D eigenvalue weighted by Gasteiger charge is 2.53. The molecule has 0 radical (unpaired) electrons. The van der Waals surface area contributed by atoms with E-state index in [-0.39, 0.29) is 23.9 Å². The number of carbonyl (C=O) groups is 4. The summed E-state index contributed by atoms with van der Waals surface area (Å²) in [6.45, 7) is 9.94. The number of carbonyl (C=O) groups excluding carboxylic acids is 4. The SMILES string of the molecule is CC[C@H](C)CNC(=O)[C@@H]1CCCN1C(=O)C(O)[C@H](Cc1ccccc1)NC(=O)[C@](N)(C(=O)c1ccc2ccccc2n1)C(C)(C)C. The molecule has 2 heterocycles. The van der Waals surface area contributed by atoms with E-state index in [1.54, 1.807) is 39.0 Å². The van der Waals surface area contributed by atoms with E-state index in [0.29, 0.717) is 31.4 Å². The Hall–Kier alpha value is -4.15. The topological polar surface area (TPSA) is 155 Å². The third-order valence-corrected chi connectivity index (χ3v) is 9.14. The first-order valence-electron chi connectivity index (χ1n) is 16.1. The molecule has 10 heteroatoms. The van der Waals surface area contributed by atoms with Crippen molar-refractivity contribution in [1.82, 2.24) is 20.5 Å². The van der Waals surface area contributed by atoms with Crippen LogP contribution in [0, 0.1) is 11.3 Å². The zero-order valence-corrected chi connectivity index (χ0v) is 27.5. The average molecular weight is 630 g/mol. The second-order valence-corrected chi connectivity index (χ2v) is 13.4. The third kappa shape index (κ3) is 7.45. The number of pyridine rings is 1. The molecule has 46 heavy (non-hydrogen) atoms. The molecule has 1 saturated heterocycles. The number of likely N-dealkylation sites (tertiary alicyclic amines) is 1. The normalized spacial score (nSPS) is 18.3. The van der Waals surface area contributed by atoms with Crippen LogP contribution in [0.25, 0.3) is 10.9 Å². The largest absolute Gasteiger partial charge is 0.381 e. The molecule has 2 aromatic carbocycles. The Morgan fingerprint density at radius 3 is 2.37 bits per heavy atom. The minimum atomic E-state index is -2.10. The second kappa shape index (κ2) is 14.5. The number of Topliss-reactive ketones (excluding diaryl/α,β-unsaturated/α-hetero) is 1. The van der Waals surface area contributed by atoms with Crippen LogP contribution >= 0.6 is 0 Å². The van der Waals surface area contributed by atoms with Gasteiger partial charge in [-0.25, -0.2) is 4.98 Å². The first-order chi connectivity index (χ1) is 21.8. The van der Waals surface area contributed by atoms with Crippen LogP contribution in [0.4, 0.5) is 0 Å². The average Bonchev–Trinajstić information content (AvgIpc) is 3.55. The first kappa shape index (κ1) is 34.7. The van der Waals surface area contributed by atoms with Gasteiger partial charge in [-0.3, -0.25) is 19.2 Å². The number of aliphatic hydroxyl groups excluding tert-OH is 1. The molecular formula is C36H47N5O5. The molecule has 1 fully saturated rings. The molecule has 1 aliphatic rings. The van der Waals surface area contributed by atoms with Crippen LogP contribution in [0.15, 0.2) is 66.7 Å². The standard InChI is InChI=1S/C36H47N5O5/c1-6-23(2)22-38-32(44)29-17-12-20-41(29)33(45)30(42)28(21-24-13-8-7-9-14-24)40-34(46)36(37,35(3,4)5)31(43)27-19-18-25-15-10-11-16-26(25)39-27/h7-11,13-16,18-19,23,28-30,42H,6,12,17,20-22,37H2,1-5H3,(H,38,44)(H,40,46)/t23-,28-,29-,30?,36+/m0/s1. The number of amides is 3. The highest BCUT2D eigenvalue weighted by Crippen LogP contribution is 2.32. The molecule has 0 spiro atoms. The highest BCUT2D eigenvalue weighted by atomic mass is 16.3. The van der Waals surface area contributed by atoms with Crippen molar-refractivity contribution in [2.75, 3.05) is 13.1 Å². The number of benzene rings is 2. The van der Waals surface area contributed by atoms with Crippen molar-refractivity contribution in [3.63, 3.8) is 0 Å². The molecule has 3 aromatic rings. The summed E-state index contributed by atoms with van der Waals surface area (Å²) in [4.78, 5) is 61.1. The number of aromatic nitrogens is 1. The van der Waals surface area contributed by atoms with Gasteiger partial charge in [0.15, 0.2) is 11.6 Å². The number of fused-ring (bicyclic) bond motifs is 1. The number of aliphatic hydroxyl groups is 1. The number of ketones is 1. The maximum atomic E-state index is 14.2. The molecule has 0 saturated carbocycles. The van der Waals surface area contributed by atoms with Gasteiger partial charge in [0.1, 0.15) is 11.7 Å². The number of nitrogens with zero attached hydrogens (tertiary/aromatic N) is 2. The zero-order valence-electron chi connectivity index (χ0n) is 27.5. The third-order valence-electron chi connectivity index (χ3n) is 9.14. The Balaban J connectivity index is 1.63. The summed E-state index contributed by atoms with van der Waals surface area (Å²) in [6.07, 6.45) is 0.373. The van der Waals surface area contributed by atoms with Crippen LogP contribution in [-0.4, -0.2) is 75.3 Å². The number of para-hydroxylation sites is 1. The molecule has 0 bridgehead atoms. The number of hydrogen-bond acceptors (Lipinski definition) is 7. The van der Waals surface area contributed by atoms with E-state index in [9.17, 15) is 24.3 Å². The van der Waals surface area contributed by atoms with Crippen LogP contribution in [0.3, 0.4) is 0 Å². The van der Waals surface area contributed by atoms with Crippen molar-refractivity contribution in [1.29, 1.82) is 0 Å². The van der Waals surface area contributed by atoms with Crippen LogP contribution in [0.5, 0.6) is 0 Å². The van der Waals surface area contributed by atoms with Crippen LogP contribution in [0.1, 0.15) is 69.9 Å². The van der Waals surface area contributed by atoms with Gasteiger partial charge in [0, 0.05) is 18.5 Å². The van der Waals surface area contributed by atoms with Gasteiger partial charge in [-0.05, 0) is 48.3 Å². The lowest BCUT2D eigenvalue weighted by Crippen LogP contribution is -2.69. The number of rotatable bonds is 12. The van der Waals surface area contributed by atoms with E-state index in [4.69, 9.17) is 5.73 Å². The van der Waals surface area contributed by atoms with E-state index in [0.717, 1.165) is 17.4 Å². The Labute approximate surface area is 271 Å². The summed E-state index contributed by atoms with van der Waals surface area (Å²) < 4.78 is 0. The quantitative estimate of drug-likeness (QED) is 0.177. The Morgan fingerprint density at radius 1 is 1.02 bits per heavy atom. The van der Waals surface area contributed by atoms with Gasteiger partial charge in [-0.15, -0.1) is 0 Å². The van der Waals surface area contributed by atoms with Gasteiger partial charge in [0.25, 0.3) is 5.91 Å². The maximum absolute atomic E-state index is 14.2. The molecule has 5 N–H and O–H groups in total. The second-order valence-electron chi connectivity index (χ2n) is 13.4. The molecule has 3 amide bonds. The Morgan fingerprint density at radius 2 is 1.70 bits per heavy atom. The lowest BCUT2D eigenvalue weighted by Gasteiger charge is -2.40. The minimum Gasteiger partial charge on any atom is -0.381 e. The molecule has 4 rings (SSSR count). The molecule has 1 aliphatic heterocycles. The molecule has 0 aliphatic carbocycles. The summed E-state index contributed by atoms with van der Waals surface area (Å²) in [6, 6.07) is 17.9. The van der Waals surface area contributed by atoms with E-state index >= 15 is 0 Å². The predicted octanol–water partition coefficient (Wildman–Crippen LogP) is 3.40. The van der Waals surface area contributed by atoms with E-state index < -0.39 is 46.7 Å². The highest BCUT2D eigenvalue weighted by molar-refractivity contribution is 6.18. The monoisotopic (exact) mass is 629 g/mol. The van der Waals surface area contributed by atoms with Gasteiger partial charge in [0.05, 0.1) is 11.6 Å². The molecular weight excluding hydrogens is 582 g/mol. The van der Waals surface area contributed by atoms with E-state index in [1.807, 2.05) is 62.4 Å². The van der Waals surface area contributed by atoms with Crippen LogP contribution in [-0.2, 0) is 20.8 Å². The fourth-order valence-corrected chi connectivity index (χ4v) is 5.75. The molecule has 5 atom stereocenters. The maximum Gasteiger partial charge on any atom is 0.254 e. The van der Waals surface area contributed by atoms with E-state index in [1.165, 1.54) is 4.90 Å². The summed E-state index contributed by atoms with van der Waals surface area (Å²) in [5, 5.41) is 18.1. The lowest BCUT2D eigenvalue weighted by molar-refractivity contribution is -0.147. The predicted molar refractivity (Wildman–Crippen MR) is 178 cm³/mol.